The van der Waals surface area contributed by atoms with Gasteiger partial charge in [0.25, 0.3) is 0 Å². The Morgan fingerprint density at radius 3 is 2.40 bits per heavy atom. The molecule has 1 aliphatic rings. The largest absolute Gasteiger partial charge is 0.381 e. The number of halogens is 1. The molecule has 1 aliphatic carbocycles. The first-order valence-electron chi connectivity index (χ1n) is 7.08. The zero-order valence-corrected chi connectivity index (χ0v) is 12.6. The van der Waals surface area contributed by atoms with Crippen LogP contribution in [0, 0.1) is 13.8 Å². The summed E-state index contributed by atoms with van der Waals surface area (Å²) in [4.78, 5) is 4.27. The lowest BCUT2D eigenvalue weighted by Crippen LogP contribution is -2.34. The van der Waals surface area contributed by atoms with Crippen molar-refractivity contribution in [3.8, 4) is 0 Å². The fraction of sp³-hybridized carbons (Fsp3) is 0.353. The smallest absolute Gasteiger partial charge is 0.129 e. The average Bonchev–Trinajstić information content (AvgIpc) is 2.37. The Labute approximate surface area is 125 Å². The fourth-order valence-corrected chi connectivity index (χ4v) is 2.94. The van der Waals surface area contributed by atoms with Crippen molar-refractivity contribution >= 4 is 17.3 Å². The van der Waals surface area contributed by atoms with Crippen LogP contribution in [0.25, 0.3) is 0 Å². The van der Waals surface area contributed by atoms with Crippen molar-refractivity contribution in [2.24, 2.45) is 0 Å². The fourth-order valence-electron chi connectivity index (χ4n) is 2.75. The molecule has 0 atom stereocenters. The monoisotopic (exact) mass is 286 g/mol. The summed E-state index contributed by atoms with van der Waals surface area (Å²) >= 11 is 5.88. The molecular formula is C17H19ClN2. The molecule has 0 spiro atoms. The first-order chi connectivity index (χ1) is 9.61. The summed E-state index contributed by atoms with van der Waals surface area (Å²) in [6.07, 6.45) is 2.37. The molecule has 0 unspecified atom stereocenters. The van der Waals surface area contributed by atoms with Crippen molar-refractivity contribution in [3.05, 3.63) is 58.4 Å². The predicted octanol–water partition coefficient (Wildman–Crippen LogP) is 4.71. The van der Waals surface area contributed by atoms with Gasteiger partial charge in [0.15, 0.2) is 0 Å². The molecule has 1 heterocycles. The number of hydrogen-bond acceptors (Lipinski definition) is 2. The summed E-state index contributed by atoms with van der Waals surface area (Å²) < 4.78 is 0. The molecule has 20 heavy (non-hydrogen) atoms. The van der Waals surface area contributed by atoms with Crippen LogP contribution in [0.15, 0.2) is 36.4 Å². The van der Waals surface area contributed by atoms with Crippen molar-refractivity contribution in [2.75, 3.05) is 5.32 Å². The number of benzene rings is 1. The van der Waals surface area contributed by atoms with E-state index in [-0.39, 0.29) is 0 Å². The van der Waals surface area contributed by atoms with Gasteiger partial charge in [0.2, 0.25) is 0 Å². The van der Waals surface area contributed by atoms with Gasteiger partial charge in [-0.3, -0.25) is 0 Å². The highest BCUT2D eigenvalue weighted by Gasteiger charge is 2.30. The van der Waals surface area contributed by atoms with Gasteiger partial charge in [0, 0.05) is 6.04 Å². The second kappa shape index (κ2) is 5.45. The number of hydrogen-bond donors (Lipinski definition) is 1. The molecule has 0 bridgehead atoms. The molecule has 1 aromatic heterocycles. The van der Waals surface area contributed by atoms with Crippen LogP contribution in [-0.2, 0) is 0 Å². The average molecular weight is 287 g/mol. The van der Waals surface area contributed by atoms with E-state index < -0.39 is 0 Å². The number of aromatic nitrogens is 1. The van der Waals surface area contributed by atoms with Crippen LogP contribution in [0.2, 0.25) is 5.15 Å². The summed E-state index contributed by atoms with van der Waals surface area (Å²) in [5, 5.41) is 4.12. The molecule has 3 rings (SSSR count). The lowest BCUT2D eigenvalue weighted by atomic mass is 9.75. The van der Waals surface area contributed by atoms with Crippen LogP contribution in [0.3, 0.4) is 0 Å². The van der Waals surface area contributed by atoms with E-state index in [4.69, 9.17) is 11.6 Å². The van der Waals surface area contributed by atoms with E-state index in [0.717, 1.165) is 11.4 Å². The molecule has 2 nitrogen and oxygen atoms in total. The van der Waals surface area contributed by atoms with Gasteiger partial charge >= 0.3 is 0 Å². The first-order valence-corrected chi connectivity index (χ1v) is 7.46. The Bertz CT molecular complexity index is 601. The Kier molecular flexibility index (Phi) is 3.66. The highest BCUT2D eigenvalue weighted by molar-refractivity contribution is 6.29. The Hall–Kier alpha value is -1.54. The van der Waals surface area contributed by atoms with E-state index in [1.54, 1.807) is 0 Å². The highest BCUT2D eigenvalue weighted by atomic mass is 35.5. The van der Waals surface area contributed by atoms with Gasteiger partial charge in [-0.15, -0.1) is 0 Å². The van der Waals surface area contributed by atoms with Crippen LogP contribution in [0.5, 0.6) is 0 Å². The number of anilines is 1. The van der Waals surface area contributed by atoms with E-state index in [0.29, 0.717) is 17.1 Å². The van der Waals surface area contributed by atoms with E-state index in [1.807, 2.05) is 19.1 Å². The zero-order chi connectivity index (χ0) is 14.1. The molecule has 1 saturated carbocycles. The summed E-state index contributed by atoms with van der Waals surface area (Å²) in [5.74, 6) is 0.689. The second-order valence-electron chi connectivity index (χ2n) is 5.69. The third kappa shape index (κ3) is 2.80. The first kappa shape index (κ1) is 13.4. The quantitative estimate of drug-likeness (QED) is 0.827. The zero-order valence-electron chi connectivity index (χ0n) is 11.9. The topological polar surface area (TPSA) is 24.9 Å². The maximum atomic E-state index is 5.88. The molecule has 2 aromatic rings. The van der Waals surface area contributed by atoms with Gasteiger partial charge in [0.1, 0.15) is 5.15 Å². The lowest BCUT2D eigenvalue weighted by molar-refractivity contribution is 0.374. The van der Waals surface area contributed by atoms with Crippen LogP contribution in [0.4, 0.5) is 5.69 Å². The molecule has 0 amide bonds. The summed E-state index contributed by atoms with van der Waals surface area (Å²) in [6.45, 7) is 4.12. The SMILES string of the molecule is Cc1ccc(C2CC(Nc3ccc(Cl)nc3C)C2)cc1. The molecule has 1 aromatic carbocycles. The molecule has 104 valence electrons. The van der Waals surface area contributed by atoms with Crippen LogP contribution in [-0.4, -0.2) is 11.0 Å². The highest BCUT2D eigenvalue weighted by Crippen LogP contribution is 2.38. The van der Waals surface area contributed by atoms with Crippen LogP contribution in [0.1, 0.15) is 35.6 Å². The maximum Gasteiger partial charge on any atom is 0.129 e. The van der Waals surface area contributed by atoms with Crippen molar-refractivity contribution < 1.29 is 0 Å². The second-order valence-corrected chi connectivity index (χ2v) is 6.07. The van der Waals surface area contributed by atoms with E-state index in [1.165, 1.54) is 24.0 Å². The molecular weight excluding hydrogens is 268 g/mol. The normalized spacial score (nSPS) is 21.4. The predicted molar refractivity (Wildman–Crippen MR) is 84.5 cm³/mol. The van der Waals surface area contributed by atoms with Crippen molar-refractivity contribution in [1.29, 1.82) is 0 Å². The van der Waals surface area contributed by atoms with Gasteiger partial charge in [0.05, 0.1) is 11.4 Å². The van der Waals surface area contributed by atoms with Gasteiger partial charge in [-0.2, -0.15) is 0 Å². The number of nitrogens with zero attached hydrogens (tertiary/aromatic N) is 1. The lowest BCUT2D eigenvalue weighted by Gasteiger charge is -2.37. The third-order valence-electron chi connectivity index (χ3n) is 4.10. The van der Waals surface area contributed by atoms with Crippen LogP contribution < -0.4 is 5.32 Å². The summed E-state index contributed by atoms with van der Waals surface area (Å²) in [7, 11) is 0. The minimum atomic E-state index is 0.544. The Balaban J connectivity index is 1.59. The van der Waals surface area contributed by atoms with Crippen LogP contribution >= 0.6 is 11.6 Å². The molecule has 3 heteroatoms. The van der Waals surface area contributed by atoms with Gasteiger partial charge < -0.3 is 5.32 Å². The van der Waals surface area contributed by atoms with Crippen molar-refractivity contribution in [2.45, 2.75) is 38.6 Å². The van der Waals surface area contributed by atoms with E-state index in [2.05, 4.69) is 41.5 Å². The maximum absolute atomic E-state index is 5.88. The molecule has 0 radical (unpaired) electrons. The summed E-state index contributed by atoms with van der Waals surface area (Å²) in [6, 6.07) is 13.3. The van der Waals surface area contributed by atoms with E-state index in [9.17, 15) is 0 Å². The van der Waals surface area contributed by atoms with Gasteiger partial charge in [-0.05, 0) is 50.3 Å². The standard InChI is InChI=1S/C17H19ClN2/c1-11-3-5-13(6-4-11)14-9-15(10-14)20-16-7-8-17(18)19-12(16)2/h3-8,14-15,20H,9-10H2,1-2H3. The van der Waals surface area contributed by atoms with Gasteiger partial charge in [-0.1, -0.05) is 41.4 Å². The van der Waals surface area contributed by atoms with Crippen molar-refractivity contribution in [3.63, 3.8) is 0 Å². The molecule has 1 fully saturated rings. The van der Waals surface area contributed by atoms with Crippen molar-refractivity contribution in [1.82, 2.24) is 4.98 Å². The summed E-state index contributed by atoms with van der Waals surface area (Å²) in [5.41, 5.74) is 4.85. The molecule has 1 N–H and O–H groups in total. The number of nitrogens with one attached hydrogen (secondary N) is 1. The molecule has 0 saturated heterocycles. The van der Waals surface area contributed by atoms with E-state index >= 15 is 0 Å². The number of aryl methyl sites for hydroxylation is 2. The Morgan fingerprint density at radius 1 is 1.05 bits per heavy atom. The minimum Gasteiger partial charge on any atom is -0.381 e. The number of rotatable bonds is 3. The Morgan fingerprint density at radius 2 is 1.75 bits per heavy atom. The number of pyridine rings is 1. The molecule has 0 aliphatic heterocycles. The van der Waals surface area contributed by atoms with Gasteiger partial charge in [-0.25, -0.2) is 4.98 Å². The minimum absolute atomic E-state index is 0.544. The third-order valence-corrected chi connectivity index (χ3v) is 4.31.